The van der Waals surface area contributed by atoms with Crippen molar-refractivity contribution in [3.63, 3.8) is 0 Å². The van der Waals surface area contributed by atoms with Gasteiger partial charge in [-0.1, -0.05) is 41.9 Å². The number of benzene rings is 2. The van der Waals surface area contributed by atoms with Crippen molar-refractivity contribution in [2.24, 2.45) is 0 Å². The highest BCUT2D eigenvalue weighted by Crippen LogP contribution is 2.15. The van der Waals surface area contributed by atoms with Crippen molar-refractivity contribution in [2.75, 3.05) is 0 Å². The zero-order chi connectivity index (χ0) is 14.5. The molecule has 2 aromatic rings. The maximum Gasteiger partial charge on any atom is 0.270 e. The molecule has 0 spiro atoms. The Morgan fingerprint density at radius 3 is 2.60 bits per heavy atom. The van der Waals surface area contributed by atoms with Crippen LogP contribution in [0.5, 0.6) is 0 Å². The third-order valence-corrected chi connectivity index (χ3v) is 2.85. The predicted molar refractivity (Wildman–Crippen MR) is 77.9 cm³/mol. The average molecular weight is 288 g/mol. The SMILES string of the molecule is O=C(/C=C/c1cccc(Cl)c1)c1cccc([N+](=O)[O-])c1. The average Bonchev–Trinajstić information content (AvgIpc) is 2.45. The van der Waals surface area contributed by atoms with E-state index in [9.17, 15) is 14.9 Å². The minimum Gasteiger partial charge on any atom is -0.289 e. The molecule has 0 radical (unpaired) electrons. The fourth-order valence-electron chi connectivity index (χ4n) is 1.65. The van der Waals surface area contributed by atoms with Crippen LogP contribution in [0, 0.1) is 10.1 Å². The van der Waals surface area contributed by atoms with E-state index >= 15 is 0 Å². The predicted octanol–water partition coefficient (Wildman–Crippen LogP) is 4.14. The molecule has 0 aromatic heterocycles. The number of ketones is 1. The molecule has 20 heavy (non-hydrogen) atoms. The second kappa shape index (κ2) is 6.12. The zero-order valence-corrected chi connectivity index (χ0v) is 11.1. The number of carbonyl (C=O) groups is 1. The number of nitrogens with zero attached hydrogens (tertiary/aromatic N) is 1. The summed E-state index contributed by atoms with van der Waals surface area (Å²) in [6.45, 7) is 0. The van der Waals surface area contributed by atoms with E-state index in [-0.39, 0.29) is 17.0 Å². The molecule has 0 heterocycles. The lowest BCUT2D eigenvalue weighted by atomic mass is 10.1. The van der Waals surface area contributed by atoms with Gasteiger partial charge >= 0.3 is 0 Å². The molecule has 0 aliphatic rings. The van der Waals surface area contributed by atoms with Crippen molar-refractivity contribution in [2.45, 2.75) is 0 Å². The highest BCUT2D eigenvalue weighted by molar-refractivity contribution is 6.30. The molecule has 0 aliphatic heterocycles. The number of rotatable bonds is 4. The summed E-state index contributed by atoms with van der Waals surface area (Å²) in [5.41, 5.74) is 0.959. The summed E-state index contributed by atoms with van der Waals surface area (Å²) in [6, 6.07) is 12.7. The monoisotopic (exact) mass is 287 g/mol. The van der Waals surface area contributed by atoms with Crippen molar-refractivity contribution in [3.05, 3.63) is 80.9 Å². The van der Waals surface area contributed by atoms with Crippen LogP contribution in [0.3, 0.4) is 0 Å². The molecule has 0 saturated heterocycles. The first-order chi connectivity index (χ1) is 9.56. The van der Waals surface area contributed by atoms with Crippen LogP contribution in [0.25, 0.3) is 6.08 Å². The Hall–Kier alpha value is -2.46. The number of hydrogen-bond acceptors (Lipinski definition) is 3. The molecular formula is C15H10ClNO3. The normalized spacial score (nSPS) is 10.7. The summed E-state index contributed by atoms with van der Waals surface area (Å²) in [6.07, 6.45) is 2.98. The molecule has 0 aliphatic carbocycles. The lowest BCUT2D eigenvalue weighted by molar-refractivity contribution is -0.384. The van der Waals surface area contributed by atoms with Crippen LogP contribution < -0.4 is 0 Å². The first kappa shape index (κ1) is 14.0. The fraction of sp³-hybridized carbons (Fsp3) is 0. The molecule has 0 saturated carbocycles. The zero-order valence-electron chi connectivity index (χ0n) is 10.3. The maximum absolute atomic E-state index is 11.9. The van der Waals surface area contributed by atoms with Crippen LogP contribution in [0.2, 0.25) is 5.02 Å². The van der Waals surface area contributed by atoms with E-state index in [0.717, 1.165) is 5.56 Å². The number of non-ortho nitro benzene ring substituents is 1. The third-order valence-electron chi connectivity index (χ3n) is 2.62. The lowest BCUT2D eigenvalue weighted by Gasteiger charge is -1.97. The summed E-state index contributed by atoms with van der Waals surface area (Å²) in [4.78, 5) is 22.1. The summed E-state index contributed by atoms with van der Waals surface area (Å²) >= 11 is 5.84. The van der Waals surface area contributed by atoms with Crippen molar-refractivity contribution >= 4 is 29.1 Å². The summed E-state index contributed by atoms with van der Waals surface area (Å²) in [5, 5.41) is 11.2. The number of halogens is 1. The van der Waals surface area contributed by atoms with Crippen LogP contribution in [0.4, 0.5) is 5.69 Å². The van der Waals surface area contributed by atoms with Crippen molar-refractivity contribution in [3.8, 4) is 0 Å². The summed E-state index contributed by atoms with van der Waals surface area (Å²) < 4.78 is 0. The van der Waals surface area contributed by atoms with Gasteiger partial charge in [-0.15, -0.1) is 0 Å². The van der Waals surface area contributed by atoms with Gasteiger partial charge in [0, 0.05) is 22.7 Å². The largest absolute Gasteiger partial charge is 0.289 e. The molecule has 2 rings (SSSR count). The van der Waals surface area contributed by atoms with E-state index in [1.54, 1.807) is 24.3 Å². The van der Waals surface area contributed by atoms with Crippen molar-refractivity contribution in [1.29, 1.82) is 0 Å². The van der Waals surface area contributed by atoms with E-state index in [4.69, 9.17) is 11.6 Å². The Bertz CT molecular complexity index is 695. The standard InChI is InChI=1S/C15H10ClNO3/c16-13-5-1-3-11(9-13)7-8-15(18)12-4-2-6-14(10-12)17(19)20/h1-10H/b8-7+. The molecule has 5 heteroatoms. The molecule has 0 fully saturated rings. The van der Waals surface area contributed by atoms with Gasteiger partial charge in [0.25, 0.3) is 5.69 Å². The van der Waals surface area contributed by atoms with E-state index in [1.165, 1.54) is 30.3 Å². The van der Waals surface area contributed by atoms with Gasteiger partial charge in [-0.3, -0.25) is 14.9 Å². The second-order valence-electron chi connectivity index (χ2n) is 4.06. The van der Waals surface area contributed by atoms with Crippen LogP contribution in [-0.2, 0) is 0 Å². The molecule has 0 bridgehead atoms. The Morgan fingerprint density at radius 1 is 1.15 bits per heavy atom. The van der Waals surface area contributed by atoms with Gasteiger partial charge in [0.2, 0.25) is 0 Å². The Morgan fingerprint density at radius 2 is 1.90 bits per heavy atom. The molecule has 4 nitrogen and oxygen atoms in total. The van der Waals surface area contributed by atoms with Gasteiger partial charge < -0.3 is 0 Å². The van der Waals surface area contributed by atoms with Crippen LogP contribution in [0.1, 0.15) is 15.9 Å². The van der Waals surface area contributed by atoms with E-state index in [2.05, 4.69) is 0 Å². The molecule has 2 aromatic carbocycles. The lowest BCUT2D eigenvalue weighted by Crippen LogP contribution is -1.96. The highest BCUT2D eigenvalue weighted by atomic mass is 35.5. The van der Waals surface area contributed by atoms with E-state index in [0.29, 0.717) is 5.02 Å². The topological polar surface area (TPSA) is 60.2 Å². The molecule has 0 amide bonds. The van der Waals surface area contributed by atoms with E-state index < -0.39 is 4.92 Å². The second-order valence-corrected chi connectivity index (χ2v) is 4.50. The molecular weight excluding hydrogens is 278 g/mol. The quantitative estimate of drug-likeness (QED) is 0.367. The van der Waals surface area contributed by atoms with E-state index in [1.807, 2.05) is 6.07 Å². The van der Waals surface area contributed by atoms with Crippen LogP contribution >= 0.6 is 11.6 Å². The number of nitro benzene ring substituents is 1. The number of allylic oxidation sites excluding steroid dienone is 1. The van der Waals surface area contributed by atoms with Gasteiger partial charge in [-0.25, -0.2) is 0 Å². The Balaban J connectivity index is 2.20. The van der Waals surface area contributed by atoms with Gasteiger partial charge in [0.1, 0.15) is 0 Å². The smallest absolute Gasteiger partial charge is 0.270 e. The highest BCUT2D eigenvalue weighted by Gasteiger charge is 2.09. The first-order valence-electron chi connectivity index (χ1n) is 5.79. The first-order valence-corrected chi connectivity index (χ1v) is 6.16. The maximum atomic E-state index is 11.9. The molecule has 0 atom stereocenters. The molecule has 0 N–H and O–H groups in total. The third kappa shape index (κ3) is 3.52. The number of nitro groups is 1. The van der Waals surface area contributed by atoms with Gasteiger partial charge in [-0.05, 0) is 23.8 Å². The van der Waals surface area contributed by atoms with Gasteiger partial charge in [0.05, 0.1) is 4.92 Å². The summed E-state index contributed by atoms with van der Waals surface area (Å²) in [7, 11) is 0. The minimum absolute atomic E-state index is 0.105. The Labute approximate surface area is 120 Å². The van der Waals surface area contributed by atoms with Gasteiger partial charge in [0.15, 0.2) is 5.78 Å². The number of hydrogen-bond donors (Lipinski definition) is 0. The minimum atomic E-state index is -0.530. The molecule has 0 unspecified atom stereocenters. The molecule has 100 valence electrons. The van der Waals surface area contributed by atoms with Gasteiger partial charge in [-0.2, -0.15) is 0 Å². The van der Waals surface area contributed by atoms with Crippen molar-refractivity contribution in [1.82, 2.24) is 0 Å². The Kier molecular flexibility index (Phi) is 4.27. The number of carbonyl (C=O) groups excluding carboxylic acids is 1. The van der Waals surface area contributed by atoms with Crippen LogP contribution in [0.15, 0.2) is 54.6 Å². The van der Waals surface area contributed by atoms with Crippen molar-refractivity contribution < 1.29 is 9.72 Å². The fourth-order valence-corrected chi connectivity index (χ4v) is 1.85. The summed E-state index contributed by atoms with van der Waals surface area (Å²) in [5.74, 6) is -0.298. The van der Waals surface area contributed by atoms with Crippen LogP contribution in [-0.4, -0.2) is 10.7 Å².